The number of aryl methyl sites for hydroxylation is 2. The van der Waals surface area contributed by atoms with Gasteiger partial charge in [-0.25, -0.2) is 0 Å². The number of para-hydroxylation sites is 1. The third kappa shape index (κ3) is 4.18. The highest BCUT2D eigenvalue weighted by molar-refractivity contribution is 6.30. The van der Waals surface area contributed by atoms with Gasteiger partial charge in [-0.3, -0.25) is 4.79 Å². The van der Waals surface area contributed by atoms with Crippen molar-refractivity contribution in [3.05, 3.63) is 58.6 Å². The molecule has 28 heavy (non-hydrogen) atoms. The summed E-state index contributed by atoms with van der Waals surface area (Å²) in [5.41, 5.74) is 5.19. The van der Waals surface area contributed by atoms with Crippen LogP contribution in [-0.2, 0) is 17.6 Å². The molecule has 0 aromatic heterocycles. The first-order valence-corrected chi connectivity index (χ1v) is 10.6. The minimum Gasteiger partial charge on any atom is -0.481 e. The SMILES string of the molecule is O=C(O)C1CCCN(CCCN2c3ccccc3CCc3ccc(Cl)cc32)C1. The molecule has 0 spiro atoms. The van der Waals surface area contributed by atoms with Crippen LogP contribution in [0.15, 0.2) is 42.5 Å². The second-order valence-electron chi connectivity index (χ2n) is 7.88. The van der Waals surface area contributed by atoms with Crippen LogP contribution >= 0.6 is 11.6 Å². The summed E-state index contributed by atoms with van der Waals surface area (Å²) in [7, 11) is 0. The summed E-state index contributed by atoms with van der Waals surface area (Å²) in [4.78, 5) is 16.0. The smallest absolute Gasteiger partial charge is 0.307 e. The quantitative estimate of drug-likeness (QED) is 0.788. The van der Waals surface area contributed by atoms with Crippen molar-refractivity contribution in [3.63, 3.8) is 0 Å². The first-order valence-electron chi connectivity index (χ1n) is 10.2. The first-order chi connectivity index (χ1) is 13.6. The summed E-state index contributed by atoms with van der Waals surface area (Å²) in [6.45, 7) is 3.51. The summed E-state index contributed by atoms with van der Waals surface area (Å²) in [6, 6.07) is 14.8. The highest BCUT2D eigenvalue weighted by Crippen LogP contribution is 2.37. The van der Waals surface area contributed by atoms with E-state index in [9.17, 15) is 9.90 Å². The Morgan fingerprint density at radius 2 is 1.86 bits per heavy atom. The van der Waals surface area contributed by atoms with Crippen LogP contribution in [0.1, 0.15) is 30.4 Å². The lowest BCUT2D eigenvalue weighted by Crippen LogP contribution is -2.39. The fourth-order valence-electron chi connectivity index (χ4n) is 4.54. The summed E-state index contributed by atoms with van der Waals surface area (Å²) in [5.74, 6) is -0.873. The molecule has 0 aliphatic carbocycles. The van der Waals surface area contributed by atoms with Crippen molar-refractivity contribution in [1.82, 2.24) is 4.90 Å². The van der Waals surface area contributed by atoms with E-state index in [-0.39, 0.29) is 5.92 Å². The lowest BCUT2D eigenvalue weighted by Gasteiger charge is -2.32. The molecule has 4 nitrogen and oxygen atoms in total. The number of carbonyl (C=O) groups is 1. The van der Waals surface area contributed by atoms with Crippen LogP contribution in [0.2, 0.25) is 5.02 Å². The molecular formula is C23H27ClN2O2. The minimum absolute atomic E-state index is 0.216. The van der Waals surface area contributed by atoms with Gasteiger partial charge in [0.05, 0.1) is 5.92 Å². The third-order valence-electron chi connectivity index (χ3n) is 6.00. The van der Waals surface area contributed by atoms with Gasteiger partial charge in [0.2, 0.25) is 0 Å². The average Bonchev–Trinajstić information content (AvgIpc) is 2.85. The highest BCUT2D eigenvalue weighted by Gasteiger charge is 2.25. The molecule has 0 radical (unpaired) electrons. The molecule has 4 rings (SSSR count). The zero-order valence-corrected chi connectivity index (χ0v) is 16.9. The topological polar surface area (TPSA) is 43.8 Å². The van der Waals surface area contributed by atoms with Crippen LogP contribution in [0.3, 0.4) is 0 Å². The maximum atomic E-state index is 11.3. The number of fused-ring (bicyclic) bond motifs is 2. The standard InChI is InChI=1S/C23H27ClN2O2/c24-20-11-10-18-9-8-17-5-1-2-7-21(17)26(22(18)15-20)14-4-13-25-12-3-6-19(16-25)23(27)28/h1-2,5,7,10-11,15,19H,3-4,6,8-9,12-14,16H2,(H,27,28). The van der Waals surface area contributed by atoms with Gasteiger partial charge < -0.3 is 14.9 Å². The van der Waals surface area contributed by atoms with E-state index < -0.39 is 5.97 Å². The van der Waals surface area contributed by atoms with E-state index in [0.29, 0.717) is 6.54 Å². The fourth-order valence-corrected chi connectivity index (χ4v) is 4.70. The molecule has 2 aromatic carbocycles. The van der Waals surface area contributed by atoms with E-state index in [2.05, 4.69) is 46.2 Å². The molecule has 1 N–H and O–H groups in total. The molecule has 1 fully saturated rings. The summed E-state index contributed by atoms with van der Waals surface area (Å²) in [6.07, 6.45) is 4.83. The average molecular weight is 399 g/mol. The molecule has 0 amide bonds. The number of anilines is 2. The van der Waals surface area contributed by atoms with Crippen LogP contribution in [0.4, 0.5) is 11.4 Å². The molecule has 1 saturated heterocycles. The van der Waals surface area contributed by atoms with E-state index in [1.165, 1.54) is 22.5 Å². The normalized spacial score (nSPS) is 19.6. The molecule has 2 aliphatic heterocycles. The van der Waals surface area contributed by atoms with Crippen LogP contribution < -0.4 is 4.90 Å². The van der Waals surface area contributed by atoms with Gasteiger partial charge in [0.25, 0.3) is 0 Å². The zero-order chi connectivity index (χ0) is 19.5. The van der Waals surface area contributed by atoms with E-state index in [0.717, 1.165) is 56.8 Å². The van der Waals surface area contributed by atoms with Crippen LogP contribution in [-0.4, -0.2) is 42.2 Å². The number of aliphatic carboxylic acids is 1. The molecule has 2 aromatic rings. The number of piperidine rings is 1. The molecule has 2 aliphatic rings. The van der Waals surface area contributed by atoms with E-state index in [1.807, 2.05) is 6.07 Å². The van der Waals surface area contributed by atoms with E-state index in [4.69, 9.17) is 11.6 Å². The number of carboxylic acid groups (broad SMARTS) is 1. The molecule has 1 unspecified atom stereocenters. The summed E-state index contributed by atoms with van der Waals surface area (Å²) < 4.78 is 0. The van der Waals surface area contributed by atoms with Crippen molar-refractivity contribution in [2.45, 2.75) is 32.1 Å². The van der Waals surface area contributed by atoms with Gasteiger partial charge in [0.1, 0.15) is 0 Å². The largest absolute Gasteiger partial charge is 0.481 e. The number of hydrogen-bond acceptors (Lipinski definition) is 3. The second-order valence-corrected chi connectivity index (χ2v) is 8.32. The van der Waals surface area contributed by atoms with Crippen molar-refractivity contribution in [3.8, 4) is 0 Å². The van der Waals surface area contributed by atoms with Crippen molar-refractivity contribution in [2.75, 3.05) is 31.1 Å². The zero-order valence-electron chi connectivity index (χ0n) is 16.1. The van der Waals surface area contributed by atoms with Gasteiger partial charge in [-0.15, -0.1) is 0 Å². The Kier molecular flexibility index (Phi) is 5.88. The molecule has 0 bridgehead atoms. The minimum atomic E-state index is -0.658. The number of benzene rings is 2. The van der Waals surface area contributed by atoms with Crippen molar-refractivity contribution >= 4 is 28.9 Å². The predicted molar refractivity (Wildman–Crippen MR) is 114 cm³/mol. The van der Waals surface area contributed by atoms with Gasteiger partial charge in [0.15, 0.2) is 0 Å². The third-order valence-corrected chi connectivity index (χ3v) is 6.23. The van der Waals surface area contributed by atoms with E-state index >= 15 is 0 Å². The van der Waals surface area contributed by atoms with Gasteiger partial charge in [0, 0.05) is 29.5 Å². The van der Waals surface area contributed by atoms with Crippen molar-refractivity contribution in [1.29, 1.82) is 0 Å². The van der Waals surface area contributed by atoms with Crippen molar-refractivity contribution < 1.29 is 9.90 Å². The Morgan fingerprint density at radius 1 is 1.07 bits per heavy atom. The molecule has 5 heteroatoms. The molecule has 148 valence electrons. The molecule has 0 saturated carbocycles. The van der Waals surface area contributed by atoms with Crippen molar-refractivity contribution in [2.24, 2.45) is 5.92 Å². The molecular weight excluding hydrogens is 372 g/mol. The Morgan fingerprint density at radius 3 is 2.68 bits per heavy atom. The summed E-state index contributed by atoms with van der Waals surface area (Å²) >= 11 is 6.33. The maximum absolute atomic E-state index is 11.3. The maximum Gasteiger partial charge on any atom is 0.307 e. The van der Waals surface area contributed by atoms with Gasteiger partial charge in [-0.2, -0.15) is 0 Å². The Bertz CT molecular complexity index is 854. The number of nitrogens with zero attached hydrogens (tertiary/aromatic N) is 2. The highest BCUT2D eigenvalue weighted by atomic mass is 35.5. The predicted octanol–water partition coefficient (Wildman–Crippen LogP) is 4.76. The van der Waals surface area contributed by atoms with E-state index in [1.54, 1.807) is 0 Å². The number of carboxylic acids is 1. The second kappa shape index (κ2) is 8.54. The van der Waals surface area contributed by atoms with Gasteiger partial charge in [-0.05, 0) is 74.5 Å². The number of likely N-dealkylation sites (tertiary alicyclic amines) is 1. The van der Waals surface area contributed by atoms with Crippen LogP contribution in [0.5, 0.6) is 0 Å². The first kappa shape index (κ1) is 19.3. The monoisotopic (exact) mass is 398 g/mol. The number of halogens is 1. The number of hydrogen-bond donors (Lipinski definition) is 1. The lowest BCUT2D eigenvalue weighted by atomic mass is 9.98. The number of rotatable bonds is 5. The molecule has 1 atom stereocenters. The van der Waals surface area contributed by atoms with Crippen LogP contribution in [0, 0.1) is 5.92 Å². The van der Waals surface area contributed by atoms with Gasteiger partial charge >= 0.3 is 5.97 Å². The van der Waals surface area contributed by atoms with Crippen LogP contribution in [0.25, 0.3) is 0 Å². The molecule has 2 heterocycles. The fraction of sp³-hybridized carbons (Fsp3) is 0.435. The summed E-state index contributed by atoms with van der Waals surface area (Å²) in [5, 5.41) is 10.1. The lowest BCUT2D eigenvalue weighted by molar-refractivity contribution is -0.143. The van der Waals surface area contributed by atoms with Gasteiger partial charge in [-0.1, -0.05) is 35.9 Å². The Labute approximate surface area is 171 Å². The Balaban J connectivity index is 1.50. The Hall–Kier alpha value is -2.04.